The Bertz CT molecular complexity index is 956. The number of pyridine rings is 1. The van der Waals surface area contributed by atoms with Gasteiger partial charge in [-0.3, -0.25) is 5.10 Å². The number of para-hydroxylation sites is 1. The van der Waals surface area contributed by atoms with Crippen LogP contribution in [0.5, 0.6) is 0 Å². The van der Waals surface area contributed by atoms with Crippen LogP contribution in [0.15, 0.2) is 42.6 Å². The van der Waals surface area contributed by atoms with Gasteiger partial charge < -0.3 is 0 Å². The lowest BCUT2D eigenvalue weighted by Gasteiger charge is -1.97. The molecule has 0 aliphatic rings. The number of rotatable bonds is 2. The molecule has 0 aliphatic heterocycles. The normalized spacial score (nSPS) is 11.2. The number of hydrogen-bond donors (Lipinski definition) is 1. The first-order valence-corrected chi connectivity index (χ1v) is 7.94. The van der Waals surface area contributed by atoms with Gasteiger partial charge in [0.25, 0.3) is 0 Å². The minimum Gasteiger partial charge on any atom is -0.277 e. The van der Waals surface area contributed by atoms with Gasteiger partial charge in [0.1, 0.15) is 15.9 Å². The Labute approximate surface area is 135 Å². The Kier molecular flexibility index (Phi) is 3.17. The third-order valence-corrected chi connectivity index (χ3v) is 4.90. The molecule has 0 radical (unpaired) electrons. The van der Waals surface area contributed by atoms with E-state index in [2.05, 4.69) is 26.2 Å². The van der Waals surface area contributed by atoms with Gasteiger partial charge in [0.15, 0.2) is 0 Å². The van der Waals surface area contributed by atoms with Crippen LogP contribution in [0.3, 0.4) is 0 Å². The molecule has 0 bridgehead atoms. The highest BCUT2D eigenvalue weighted by atomic mass is 35.5. The monoisotopic (exact) mass is 326 g/mol. The molecule has 3 aromatic heterocycles. The van der Waals surface area contributed by atoms with Crippen LogP contribution in [0.2, 0.25) is 5.15 Å². The predicted molar refractivity (Wildman–Crippen MR) is 90.2 cm³/mol. The quantitative estimate of drug-likeness (QED) is 0.543. The van der Waals surface area contributed by atoms with Gasteiger partial charge in [-0.2, -0.15) is 5.10 Å². The van der Waals surface area contributed by atoms with Crippen molar-refractivity contribution in [2.24, 2.45) is 0 Å². The number of benzene rings is 1. The van der Waals surface area contributed by atoms with E-state index >= 15 is 0 Å². The lowest BCUT2D eigenvalue weighted by molar-refractivity contribution is 1.11. The maximum atomic E-state index is 5.85. The molecule has 0 amide bonds. The molecule has 1 N–H and O–H groups in total. The minimum absolute atomic E-state index is 0.490. The van der Waals surface area contributed by atoms with Crippen LogP contribution in [0.1, 0.15) is 5.69 Å². The van der Waals surface area contributed by atoms with E-state index in [4.69, 9.17) is 11.6 Å². The molecule has 1 aromatic carbocycles. The Morgan fingerprint density at radius 2 is 2.00 bits per heavy atom. The highest BCUT2D eigenvalue weighted by molar-refractivity contribution is 7.18. The summed E-state index contributed by atoms with van der Waals surface area (Å²) in [5.74, 6) is 0. The number of aromatic nitrogens is 4. The Hall–Kier alpha value is -2.24. The summed E-state index contributed by atoms with van der Waals surface area (Å²) in [6.45, 7) is 2.00. The van der Waals surface area contributed by atoms with Gasteiger partial charge in [-0.1, -0.05) is 29.8 Å². The standard InChI is InChI=1S/C16H11ClN4S/c1-9-15(10-6-7-13(17)18-8-10)22-16(19-9)14-11-4-2-3-5-12(11)20-21-14/h2-8H,1H3,(H,20,21). The summed E-state index contributed by atoms with van der Waals surface area (Å²) in [6, 6.07) is 11.8. The lowest BCUT2D eigenvalue weighted by atomic mass is 10.2. The second-order valence-electron chi connectivity index (χ2n) is 4.92. The van der Waals surface area contributed by atoms with E-state index in [9.17, 15) is 0 Å². The maximum Gasteiger partial charge on any atom is 0.145 e. The SMILES string of the molecule is Cc1nc(-c2n[nH]c3ccccc23)sc1-c1ccc(Cl)nc1. The average Bonchev–Trinajstić information content (AvgIpc) is 3.11. The lowest BCUT2D eigenvalue weighted by Crippen LogP contribution is -1.80. The zero-order valence-corrected chi connectivity index (χ0v) is 13.2. The summed E-state index contributed by atoms with van der Waals surface area (Å²) in [6.07, 6.45) is 1.77. The largest absolute Gasteiger partial charge is 0.277 e. The predicted octanol–water partition coefficient (Wildman–Crippen LogP) is 4.71. The van der Waals surface area contributed by atoms with Gasteiger partial charge in [0, 0.05) is 17.1 Å². The van der Waals surface area contributed by atoms with Crippen molar-refractivity contribution >= 4 is 33.8 Å². The number of fused-ring (bicyclic) bond motifs is 1. The van der Waals surface area contributed by atoms with Gasteiger partial charge in [-0.05, 0) is 25.1 Å². The van der Waals surface area contributed by atoms with Crippen molar-refractivity contribution in [2.75, 3.05) is 0 Å². The maximum absolute atomic E-state index is 5.85. The van der Waals surface area contributed by atoms with Crippen LogP contribution >= 0.6 is 22.9 Å². The smallest absolute Gasteiger partial charge is 0.145 e. The molecule has 22 heavy (non-hydrogen) atoms. The first-order valence-electron chi connectivity index (χ1n) is 6.75. The molecular formula is C16H11ClN4S. The fourth-order valence-corrected chi connectivity index (χ4v) is 3.57. The molecule has 3 heterocycles. The van der Waals surface area contributed by atoms with Gasteiger partial charge in [-0.25, -0.2) is 9.97 Å². The molecule has 4 aromatic rings. The number of aryl methyl sites for hydroxylation is 1. The number of hydrogen-bond acceptors (Lipinski definition) is 4. The second-order valence-corrected chi connectivity index (χ2v) is 6.31. The Morgan fingerprint density at radius 1 is 1.14 bits per heavy atom. The van der Waals surface area contributed by atoms with Gasteiger partial charge in [0.2, 0.25) is 0 Å². The van der Waals surface area contributed by atoms with Crippen LogP contribution < -0.4 is 0 Å². The van der Waals surface area contributed by atoms with Gasteiger partial charge in [-0.15, -0.1) is 11.3 Å². The molecule has 108 valence electrons. The fraction of sp³-hybridized carbons (Fsp3) is 0.0625. The summed E-state index contributed by atoms with van der Waals surface area (Å²) >= 11 is 7.47. The summed E-state index contributed by atoms with van der Waals surface area (Å²) in [4.78, 5) is 9.91. The summed E-state index contributed by atoms with van der Waals surface area (Å²) in [7, 11) is 0. The van der Waals surface area contributed by atoms with Gasteiger partial charge >= 0.3 is 0 Å². The van der Waals surface area contributed by atoms with E-state index in [-0.39, 0.29) is 0 Å². The third kappa shape index (κ3) is 2.19. The average molecular weight is 327 g/mol. The molecule has 4 nitrogen and oxygen atoms in total. The number of H-pyrrole nitrogens is 1. The van der Waals surface area contributed by atoms with Crippen LogP contribution in [-0.4, -0.2) is 20.2 Å². The van der Waals surface area contributed by atoms with Crippen molar-refractivity contribution in [3.05, 3.63) is 53.4 Å². The summed E-state index contributed by atoms with van der Waals surface area (Å²) in [5.41, 5.74) is 3.89. The molecule has 6 heteroatoms. The summed E-state index contributed by atoms with van der Waals surface area (Å²) in [5, 5.41) is 9.94. The zero-order chi connectivity index (χ0) is 15.1. The molecule has 0 aliphatic carbocycles. The van der Waals surface area contributed by atoms with Crippen LogP contribution in [0, 0.1) is 6.92 Å². The van der Waals surface area contributed by atoms with E-state index in [1.54, 1.807) is 23.6 Å². The third-order valence-electron chi connectivity index (χ3n) is 3.46. The topological polar surface area (TPSA) is 54.5 Å². The molecule has 4 rings (SSSR count). The number of nitrogens with one attached hydrogen (secondary N) is 1. The molecule has 0 saturated heterocycles. The van der Waals surface area contributed by atoms with E-state index < -0.39 is 0 Å². The number of nitrogens with zero attached hydrogens (tertiary/aromatic N) is 3. The highest BCUT2D eigenvalue weighted by Crippen LogP contribution is 2.36. The van der Waals surface area contributed by atoms with Crippen LogP contribution in [0.25, 0.3) is 32.0 Å². The van der Waals surface area contributed by atoms with Crippen molar-refractivity contribution in [3.8, 4) is 21.1 Å². The Morgan fingerprint density at radius 3 is 2.82 bits per heavy atom. The van der Waals surface area contributed by atoms with E-state index in [1.807, 2.05) is 31.2 Å². The molecule has 0 fully saturated rings. The highest BCUT2D eigenvalue weighted by Gasteiger charge is 2.15. The number of aromatic amines is 1. The van der Waals surface area contributed by atoms with Crippen molar-refractivity contribution in [1.82, 2.24) is 20.2 Å². The van der Waals surface area contributed by atoms with E-state index in [0.29, 0.717) is 5.15 Å². The van der Waals surface area contributed by atoms with E-state index in [0.717, 1.165) is 37.7 Å². The van der Waals surface area contributed by atoms with E-state index in [1.165, 1.54) is 0 Å². The minimum atomic E-state index is 0.490. The number of thiazole rings is 1. The van der Waals surface area contributed by atoms with Gasteiger partial charge in [0.05, 0.1) is 16.1 Å². The van der Waals surface area contributed by atoms with Crippen LogP contribution in [-0.2, 0) is 0 Å². The molecule has 0 saturated carbocycles. The fourth-order valence-electron chi connectivity index (χ4n) is 2.40. The number of halogens is 1. The zero-order valence-electron chi connectivity index (χ0n) is 11.7. The first-order chi connectivity index (χ1) is 10.7. The molecule has 0 atom stereocenters. The van der Waals surface area contributed by atoms with Crippen molar-refractivity contribution < 1.29 is 0 Å². The molecule has 0 spiro atoms. The van der Waals surface area contributed by atoms with Crippen LogP contribution in [0.4, 0.5) is 0 Å². The van der Waals surface area contributed by atoms with Crippen molar-refractivity contribution in [2.45, 2.75) is 6.92 Å². The molecular weight excluding hydrogens is 316 g/mol. The van der Waals surface area contributed by atoms with Crippen molar-refractivity contribution in [1.29, 1.82) is 0 Å². The second kappa shape index (κ2) is 5.19. The Balaban J connectivity index is 1.84. The van der Waals surface area contributed by atoms with Crippen molar-refractivity contribution in [3.63, 3.8) is 0 Å². The molecule has 0 unspecified atom stereocenters. The first kappa shape index (κ1) is 13.4. The summed E-state index contributed by atoms with van der Waals surface area (Å²) < 4.78 is 0.